The van der Waals surface area contributed by atoms with E-state index in [2.05, 4.69) is 5.32 Å². The lowest BCUT2D eigenvalue weighted by molar-refractivity contribution is -0.117. The Kier molecular flexibility index (Phi) is 3.41. The molecular weight excluding hydrogens is 297 g/mol. The molecule has 1 fully saturated rings. The fraction of sp³-hybridized carbons (Fsp3) is 0.278. The number of amides is 1. The van der Waals surface area contributed by atoms with E-state index in [-0.39, 0.29) is 23.4 Å². The third-order valence-electron chi connectivity index (χ3n) is 4.25. The lowest BCUT2D eigenvalue weighted by Crippen LogP contribution is -2.16. The molecule has 1 aliphatic carbocycles. The Morgan fingerprint density at radius 1 is 1.09 bits per heavy atom. The van der Waals surface area contributed by atoms with Gasteiger partial charge in [0.2, 0.25) is 5.91 Å². The molecule has 1 saturated carbocycles. The first-order valence-electron chi connectivity index (χ1n) is 7.67. The number of rotatable bonds is 3. The largest absolute Gasteiger partial charge is 0.486 e. The molecule has 1 N–H and O–H groups in total. The van der Waals surface area contributed by atoms with Crippen molar-refractivity contribution in [3.05, 3.63) is 53.8 Å². The van der Waals surface area contributed by atoms with Crippen molar-refractivity contribution in [2.45, 2.75) is 12.3 Å². The minimum absolute atomic E-state index is 0.128. The van der Waals surface area contributed by atoms with Crippen molar-refractivity contribution in [3.63, 3.8) is 0 Å². The molecular formula is C18H16FNO3. The Balaban J connectivity index is 1.45. The SMILES string of the molecule is O=C(Nc1ccccc1F)[C@@H]1C[C@H]1c1ccc2c(c1)OCCO2. The van der Waals surface area contributed by atoms with Gasteiger partial charge in [-0.15, -0.1) is 0 Å². The predicted octanol–water partition coefficient (Wildman–Crippen LogP) is 3.34. The van der Waals surface area contributed by atoms with E-state index in [4.69, 9.17) is 9.47 Å². The molecule has 2 aromatic carbocycles. The molecule has 0 aromatic heterocycles. The van der Waals surface area contributed by atoms with Gasteiger partial charge >= 0.3 is 0 Å². The maximum Gasteiger partial charge on any atom is 0.228 e. The molecule has 23 heavy (non-hydrogen) atoms. The number of benzene rings is 2. The van der Waals surface area contributed by atoms with E-state index in [1.165, 1.54) is 6.07 Å². The second-order valence-corrected chi connectivity index (χ2v) is 5.82. The van der Waals surface area contributed by atoms with E-state index < -0.39 is 5.82 Å². The van der Waals surface area contributed by atoms with Gasteiger partial charge < -0.3 is 14.8 Å². The van der Waals surface area contributed by atoms with Crippen molar-refractivity contribution in [1.82, 2.24) is 0 Å². The summed E-state index contributed by atoms with van der Waals surface area (Å²) in [5.41, 5.74) is 1.29. The van der Waals surface area contributed by atoms with Crippen LogP contribution < -0.4 is 14.8 Å². The van der Waals surface area contributed by atoms with E-state index in [9.17, 15) is 9.18 Å². The van der Waals surface area contributed by atoms with Crippen LogP contribution in [0.4, 0.5) is 10.1 Å². The predicted molar refractivity (Wildman–Crippen MR) is 83.3 cm³/mol. The van der Waals surface area contributed by atoms with Crippen LogP contribution in [0.1, 0.15) is 17.9 Å². The normalized spacial score (nSPS) is 21.6. The molecule has 1 heterocycles. The first-order chi connectivity index (χ1) is 11.2. The highest BCUT2D eigenvalue weighted by molar-refractivity contribution is 5.95. The second-order valence-electron chi connectivity index (χ2n) is 5.82. The summed E-state index contributed by atoms with van der Waals surface area (Å²) in [5, 5.41) is 2.66. The molecule has 2 aliphatic rings. The highest BCUT2D eigenvalue weighted by Gasteiger charge is 2.44. The van der Waals surface area contributed by atoms with Crippen LogP contribution in [-0.4, -0.2) is 19.1 Å². The lowest BCUT2D eigenvalue weighted by Gasteiger charge is -2.18. The van der Waals surface area contributed by atoms with E-state index in [1.54, 1.807) is 18.2 Å². The zero-order valence-electron chi connectivity index (χ0n) is 12.4. The number of para-hydroxylation sites is 1. The Labute approximate surface area is 133 Å². The van der Waals surface area contributed by atoms with Gasteiger partial charge in [-0.2, -0.15) is 0 Å². The van der Waals surface area contributed by atoms with Gasteiger partial charge in [0.1, 0.15) is 19.0 Å². The molecule has 0 spiro atoms. The average molecular weight is 313 g/mol. The Morgan fingerprint density at radius 3 is 2.70 bits per heavy atom. The van der Waals surface area contributed by atoms with Crippen LogP contribution in [0.3, 0.4) is 0 Å². The van der Waals surface area contributed by atoms with Gasteiger partial charge in [-0.25, -0.2) is 4.39 Å². The van der Waals surface area contributed by atoms with Gasteiger partial charge in [0.25, 0.3) is 0 Å². The minimum atomic E-state index is -0.419. The zero-order valence-corrected chi connectivity index (χ0v) is 12.4. The van der Waals surface area contributed by atoms with Gasteiger partial charge in [0, 0.05) is 5.92 Å². The molecule has 2 aromatic rings. The Hall–Kier alpha value is -2.56. The molecule has 118 valence electrons. The molecule has 4 nitrogen and oxygen atoms in total. The molecule has 1 aliphatic heterocycles. The van der Waals surface area contributed by atoms with E-state index in [0.717, 1.165) is 23.5 Å². The first kappa shape index (κ1) is 14.1. The maximum atomic E-state index is 13.6. The summed E-state index contributed by atoms with van der Waals surface area (Å²) in [6.07, 6.45) is 0.764. The van der Waals surface area contributed by atoms with Crippen LogP contribution in [0.2, 0.25) is 0 Å². The third-order valence-corrected chi connectivity index (χ3v) is 4.25. The van der Waals surface area contributed by atoms with Crippen molar-refractivity contribution in [3.8, 4) is 11.5 Å². The summed E-state index contributed by atoms with van der Waals surface area (Å²) in [7, 11) is 0. The summed E-state index contributed by atoms with van der Waals surface area (Å²) in [6.45, 7) is 1.10. The average Bonchev–Trinajstić information content (AvgIpc) is 3.37. The first-order valence-corrected chi connectivity index (χ1v) is 7.67. The van der Waals surface area contributed by atoms with Crippen molar-refractivity contribution >= 4 is 11.6 Å². The summed E-state index contributed by atoms with van der Waals surface area (Å²) >= 11 is 0. The van der Waals surface area contributed by atoms with E-state index in [0.29, 0.717) is 13.2 Å². The van der Waals surface area contributed by atoms with Crippen LogP contribution in [0.5, 0.6) is 11.5 Å². The number of ether oxygens (including phenoxy) is 2. The third kappa shape index (κ3) is 2.74. The number of fused-ring (bicyclic) bond motifs is 1. The summed E-state index contributed by atoms with van der Waals surface area (Å²) in [5.74, 6) is 0.934. The fourth-order valence-corrected chi connectivity index (χ4v) is 2.93. The molecule has 0 bridgehead atoms. The van der Waals surface area contributed by atoms with Crippen LogP contribution >= 0.6 is 0 Å². The molecule has 2 atom stereocenters. The van der Waals surface area contributed by atoms with Crippen molar-refractivity contribution < 1.29 is 18.7 Å². The van der Waals surface area contributed by atoms with Crippen molar-refractivity contribution in [1.29, 1.82) is 0 Å². The molecule has 0 unspecified atom stereocenters. The minimum Gasteiger partial charge on any atom is -0.486 e. The Bertz CT molecular complexity index is 762. The topological polar surface area (TPSA) is 47.6 Å². The lowest BCUT2D eigenvalue weighted by atomic mass is 10.1. The second kappa shape index (κ2) is 5.57. The van der Waals surface area contributed by atoms with Crippen molar-refractivity contribution in [2.24, 2.45) is 5.92 Å². The van der Waals surface area contributed by atoms with Gasteiger partial charge in [0.05, 0.1) is 5.69 Å². The van der Waals surface area contributed by atoms with Crippen LogP contribution in [0.15, 0.2) is 42.5 Å². The molecule has 4 rings (SSSR count). The molecule has 0 saturated heterocycles. The summed E-state index contributed by atoms with van der Waals surface area (Å²) < 4.78 is 24.7. The van der Waals surface area contributed by atoms with Gasteiger partial charge in [-0.3, -0.25) is 4.79 Å². The fourth-order valence-electron chi connectivity index (χ4n) is 2.93. The number of nitrogens with one attached hydrogen (secondary N) is 1. The summed E-state index contributed by atoms with van der Waals surface area (Å²) in [6, 6.07) is 12.0. The molecule has 0 radical (unpaired) electrons. The quantitative estimate of drug-likeness (QED) is 0.945. The molecule has 5 heteroatoms. The van der Waals surface area contributed by atoms with Crippen LogP contribution in [0.25, 0.3) is 0 Å². The number of anilines is 1. The van der Waals surface area contributed by atoms with Gasteiger partial charge in [0.15, 0.2) is 11.5 Å². The summed E-state index contributed by atoms with van der Waals surface area (Å²) in [4.78, 5) is 12.3. The van der Waals surface area contributed by atoms with E-state index >= 15 is 0 Å². The van der Waals surface area contributed by atoms with Crippen LogP contribution in [0, 0.1) is 11.7 Å². The number of hydrogen-bond acceptors (Lipinski definition) is 3. The monoisotopic (exact) mass is 313 g/mol. The smallest absolute Gasteiger partial charge is 0.228 e. The Morgan fingerprint density at radius 2 is 1.87 bits per heavy atom. The highest BCUT2D eigenvalue weighted by Crippen LogP contribution is 2.49. The zero-order chi connectivity index (χ0) is 15.8. The van der Waals surface area contributed by atoms with Crippen molar-refractivity contribution in [2.75, 3.05) is 18.5 Å². The molecule has 1 amide bonds. The van der Waals surface area contributed by atoms with Crippen LogP contribution in [-0.2, 0) is 4.79 Å². The van der Waals surface area contributed by atoms with E-state index in [1.807, 2.05) is 18.2 Å². The number of halogens is 1. The maximum absolute atomic E-state index is 13.6. The number of hydrogen-bond donors (Lipinski definition) is 1. The number of carbonyl (C=O) groups is 1. The standard InChI is InChI=1S/C18H16FNO3/c19-14-3-1-2-4-15(14)20-18(21)13-10-12(13)11-5-6-16-17(9-11)23-8-7-22-16/h1-6,9,12-13H,7-8,10H2,(H,20,21)/t12-,13+/m0/s1. The highest BCUT2D eigenvalue weighted by atomic mass is 19.1. The number of carbonyl (C=O) groups excluding carboxylic acids is 1. The van der Waals surface area contributed by atoms with Gasteiger partial charge in [-0.1, -0.05) is 18.2 Å². The van der Waals surface area contributed by atoms with Gasteiger partial charge in [-0.05, 0) is 42.2 Å².